The summed E-state index contributed by atoms with van der Waals surface area (Å²) in [5.74, 6) is 6.33. The molecule has 4 heteroatoms. The molecule has 17 heavy (non-hydrogen) atoms. The molecule has 0 heterocycles. The van der Waals surface area contributed by atoms with Gasteiger partial charge in [-0.3, -0.25) is 11.3 Å². The molecule has 1 aromatic carbocycles. The SMILES string of the molecule is Cc1cc(F)ccc1CC(CSC(C)C)NN. The van der Waals surface area contributed by atoms with Gasteiger partial charge in [0.2, 0.25) is 0 Å². The van der Waals surface area contributed by atoms with Gasteiger partial charge in [-0.1, -0.05) is 19.9 Å². The molecule has 0 spiro atoms. The molecule has 0 bridgehead atoms. The van der Waals surface area contributed by atoms with Crippen LogP contribution in [0.15, 0.2) is 18.2 Å². The quantitative estimate of drug-likeness (QED) is 0.607. The zero-order valence-electron chi connectivity index (χ0n) is 10.7. The highest BCUT2D eigenvalue weighted by molar-refractivity contribution is 7.99. The van der Waals surface area contributed by atoms with Crippen molar-refractivity contribution in [2.45, 2.75) is 38.5 Å². The molecule has 0 aliphatic carbocycles. The van der Waals surface area contributed by atoms with Crippen LogP contribution in [-0.2, 0) is 6.42 Å². The molecule has 3 N–H and O–H groups in total. The van der Waals surface area contributed by atoms with E-state index in [0.717, 1.165) is 23.3 Å². The number of nitrogens with one attached hydrogen (secondary N) is 1. The van der Waals surface area contributed by atoms with Crippen LogP contribution in [0.5, 0.6) is 0 Å². The van der Waals surface area contributed by atoms with Crippen molar-refractivity contribution in [1.82, 2.24) is 5.43 Å². The largest absolute Gasteiger partial charge is 0.271 e. The van der Waals surface area contributed by atoms with Crippen molar-refractivity contribution in [3.05, 3.63) is 35.1 Å². The molecule has 1 rings (SSSR count). The lowest BCUT2D eigenvalue weighted by molar-refractivity contribution is 0.571. The number of hydrogen-bond donors (Lipinski definition) is 2. The van der Waals surface area contributed by atoms with Gasteiger partial charge in [0.15, 0.2) is 0 Å². The Morgan fingerprint density at radius 1 is 1.41 bits per heavy atom. The molecule has 1 unspecified atom stereocenters. The van der Waals surface area contributed by atoms with Crippen molar-refractivity contribution in [2.75, 3.05) is 5.75 Å². The van der Waals surface area contributed by atoms with Crippen LogP contribution in [-0.4, -0.2) is 17.0 Å². The Morgan fingerprint density at radius 3 is 2.65 bits per heavy atom. The van der Waals surface area contributed by atoms with Crippen molar-refractivity contribution < 1.29 is 4.39 Å². The Labute approximate surface area is 107 Å². The average Bonchev–Trinajstić information content (AvgIpc) is 2.26. The molecule has 0 radical (unpaired) electrons. The van der Waals surface area contributed by atoms with Gasteiger partial charge < -0.3 is 0 Å². The van der Waals surface area contributed by atoms with Crippen LogP contribution in [0, 0.1) is 12.7 Å². The van der Waals surface area contributed by atoms with Crippen LogP contribution in [0.25, 0.3) is 0 Å². The van der Waals surface area contributed by atoms with Gasteiger partial charge in [-0.2, -0.15) is 11.8 Å². The van der Waals surface area contributed by atoms with Gasteiger partial charge >= 0.3 is 0 Å². The molecule has 0 amide bonds. The van der Waals surface area contributed by atoms with Gasteiger partial charge in [0.1, 0.15) is 5.82 Å². The second-order valence-electron chi connectivity index (χ2n) is 4.52. The summed E-state index contributed by atoms with van der Waals surface area (Å²) in [4.78, 5) is 0. The monoisotopic (exact) mass is 256 g/mol. The van der Waals surface area contributed by atoms with E-state index in [9.17, 15) is 4.39 Å². The standard InChI is InChI=1S/C13H21FN2S/c1-9(2)17-8-13(16-15)7-11-4-5-12(14)6-10(11)3/h4-6,9,13,16H,7-8,15H2,1-3H3. The second kappa shape index (κ2) is 6.99. The number of rotatable bonds is 6. The summed E-state index contributed by atoms with van der Waals surface area (Å²) in [6.45, 7) is 6.27. The van der Waals surface area contributed by atoms with Gasteiger partial charge in [0, 0.05) is 11.8 Å². The van der Waals surface area contributed by atoms with Gasteiger partial charge in [0.25, 0.3) is 0 Å². The molecule has 96 valence electrons. The molecule has 0 saturated heterocycles. The Balaban J connectivity index is 2.60. The van der Waals surface area contributed by atoms with E-state index in [0.29, 0.717) is 5.25 Å². The summed E-state index contributed by atoms with van der Waals surface area (Å²) in [7, 11) is 0. The van der Waals surface area contributed by atoms with Crippen molar-refractivity contribution in [2.24, 2.45) is 5.84 Å². The first-order chi connectivity index (χ1) is 8.02. The molecule has 2 nitrogen and oxygen atoms in total. The third kappa shape index (κ3) is 5.06. The zero-order chi connectivity index (χ0) is 12.8. The van der Waals surface area contributed by atoms with E-state index in [1.807, 2.05) is 24.8 Å². The normalized spacial score (nSPS) is 13.1. The van der Waals surface area contributed by atoms with E-state index in [2.05, 4.69) is 19.3 Å². The number of hydrogen-bond acceptors (Lipinski definition) is 3. The molecular formula is C13H21FN2S. The van der Waals surface area contributed by atoms with E-state index >= 15 is 0 Å². The molecule has 0 aliphatic rings. The summed E-state index contributed by atoms with van der Waals surface area (Å²) < 4.78 is 13.0. The number of halogens is 1. The summed E-state index contributed by atoms with van der Waals surface area (Å²) in [5, 5.41) is 0.597. The fraction of sp³-hybridized carbons (Fsp3) is 0.538. The molecule has 0 aliphatic heterocycles. The van der Waals surface area contributed by atoms with E-state index in [4.69, 9.17) is 5.84 Å². The maximum atomic E-state index is 13.0. The number of thioether (sulfide) groups is 1. The fourth-order valence-electron chi connectivity index (χ4n) is 1.63. The highest BCUT2D eigenvalue weighted by atomic mass is 32.2. The summed E-state index contributed by atoms with van der Waals surface area (Å²) in [5.41, 5.74) is 4.97. The number of aryl methyl sites for hydroxylation is 1. The van der Waals surface area contributed by atoms with Gasteiger partial charge in [-0.25, -0.2) is 4.39 Å². The molecular weight excluding hydrogens is 235 g/mol. The van der Waals surface area contributed by atoms with Gasteiger partial charge in [-0.15, -0.1) is 0 Å². The Kier molecular flexibility index (Phi) is 5.95. The number of benzene rings is 1. The molecule has 0 fully saturated rings. The van der Waals surface area contributed by atoms with Crippen molar-refractivity contribution in [3.8, 4) is 0 Å². The third-order valence-electron chi connectivity index (χ3n) is 2.64. The first-order valence-electron chi connectivity index (χ1n) is 5.85. The van der Waals surface area contributed by atoms with E-state index in [1.54, 1.807) is 6.07 Å². The van der Waals surface area contributed by atoms with Crippen LogP contribution < -0.4 is 11.3 Å². The van der Waals surface area contributed by atoms with Gasteiger partial charge in [-0.05, 0) is 41.9 Å². The lowest BCUT2D eigenvalue weighted by Gasteiger charge is -2.18. The Morgan fingerprint density at radius 2 is 2.12 bits per heavy atom. The van der Waals surface area contributed by atoms with Crippen LogP contribution in [0.2, 0.25) is 0 Å². The lowest BCUT2D eigenvalue weighted by atomic mass is 10.0. The van der Waals surface area contributed by atoms with E-state index in [1.165, 1.54) is 6.07 Å². The summed E-state index contributed by atoms with van der Waals surface area (Å²) >= 11 is 1.88. The first-order valence-corrected chi connectivity index (χ1v) is 6.90. The molecule has 0 saturated carbocycles. The smallest absolute Gasteiger partial charge is 0.123 e. The minimum absolute atomic E-state index is 0.180. The van der Waals surface area contributed by atoms with E-state index in [-0.39, 0.29) is 11.9 Å². The first kappa shape index (κ1) is 14.5. The fourth-order valence-corrected chi connectivity index (χ4v) is 2.46. The Hall–Kier alpha value is -0.580. The van der Waals surface area contributed by atoms with Crippen molar-refractivity contribution >= 4 is 11.8 Å². The third-order valence-corrected chi connectivity index (χ3v) is 3.90. The maximum Gasteiger partial charge on any atom is 0.123 e. The highest BCUT2D eigenvalue weighted by Gasteiger charge is 2.11. The number of nitrogens with two attached hydrogens (primary N) is 1. The topological polar surface area (TPSA) is 38.0 Å². The number of hydrazine groups is 1. The van der Waals surface area contributed by atoms with Crippen LogP contribution in [0.1, 0.15) is 25.0 Å². The highest BCUT2D eigenvalue weighted by Crippen LogP contribution is 2.16. The summed E-state index contributed by atoms with van der Waals surface area (Å²) in [6, 6.07) is 5.14. The predicted molar refractivity (Wildman–Crippen MR) is 73.5 cm³/mol. The van der Waals surface area contributed by atoms with Crippen LogP contribution >= 0.6 is 11.8 Å². The van der Waals surface area contributed by atoms with Crippen molar-refractivity contribution in [3.63, 3.8) is 0 Å². The van der Waals surface area contributed by atoms with Gasteiger partial charge in [0.05, 0.1) is 0 Å². The van der Waals surface area contributed by atoms with Crippen molar-refractivity contribution in [1.29, 1.82) is 0 Å². The van der Waals surface area contributed by atoms with E-state index < -0.39 is 0 Å². The molecule has 1 atom stereocenters. The lowest BCUT2D eigenvalue weighted by Crippen LogP contribution is -2.39. The summed E-state index contributed by atoms with van der Waals surface area (Å²) in [6.07, 6.45) is 0.836. The Bertz CT molecular complexity index is 355. The molecule has 0 aromatic heterocycles. The second-order valence-corrected chi connectivity index (χ2v) is 6.13. The zero-order valence-corrected chi connectivity index (χ0v) is 11.5. The minimum Gasteiger partial charge on any atom is -0.271 e. The van der Waals surface area contributed by atoms with Crippen LogP contribution in [0.4, 0.5) is 4.39 Å². The predicted octanol–water partition coefficient (Wildman–Crippen LogP) is 2.65. The van der Waals surface area contributed by atoms with Crippen LogP contribution in [0.3, 0.4) is 0 Å². The minimum atomic E-state index is -0.180. The average molecular weight is 256 g/mol. The maximum absolute atomic E-state index is 13.0. The molecule has 1 aromatic rings.